The minimum atomic E-state index is -0.306. The van der Waals surface area contributed by atoms with Gasteiger partial charge < -0.3 is 9.47 Å². The minimum absolute atomic E-state index is 0.000880. The van der Waals surface area contributed by atoms with Crippen molar-refractivity contribution in [3.05, 3.63) is 0 Å². The second-order valence-electron chi connectivity index (χ2n) is 3.60. The maximum Gasteiger partial charge on any atom is 0.166 e. The van der Waals surface area contributed by atoms with Gasteiger partial charge in [-0.15, -0.1) is 0 Å². The van der Waals surface area contributed by atoms with E-state index in [2.05, 4.69) is 6.92 Å². The summed E-state index contributed by atoms with van der Waals surface area (Å²) >= 11 is 0. The van der Waals surface area contributed by atoms with Gasteiger partial charge in [0.05, 0.1) is 12.2 Å². The molecule has 3 unspecified atom stereocenters. The van der Waals surface area contributed by atoms with Crippen molar-refractivity contribution in [2.45, 2.75) is 51.4 Å². The molecule has 0 N–H and O–H groups in total. The Morgan fingerprint density at radius 3 is 2.77 bits per heavy atom. The van der Waals surface area contributed by atoms with Gasteiger partial charge in [-0.3, -0.25) is 4.79 Å². The van der Waals surface area contributed by atoms with Gasteiger partial charge in [0.2, 0.25) is 0 Å². The van der Waals surface area contributed by atoms with Gasteiger partial charge in [-0.1, -0.05) is 13.3 Å². The first-order valence-electron chi connectivity index (χ1n) is 4.90. The van der Waals surface area contributed by atoms with Crippen molar-refractivity contribution in [2.75, 3.05) is 7.11 Å². The molecule has 0 spiro atoms. The highest BCUT2D eigenvalue weighted by Crippen LogP contribution is 2.24. The van der Waals surface area contributed by atoms with Crippen molar-refractivity contribution in [2.24, 2.45) is 0 Å². The zero-order valence-electron chi connectivity index (χ0n) is 8.58. The zero-order chi connectivity index (χ0) is 9.84. The van der Waals surface area contributed by atoms with Gasteiger partial charge in [-0.25, -0.2) is 0 Å². The van der Waals surface area contributed by atoms with E-state index < -0.39 is 0 Å². The molecule has 0 aromatic heterocycles. The van der Waals surface area contributed by atoms with Crippen LogP contribution in [0.4, 0.5) is 0 Å². The molecule has 0 aromatic carbocycles. The highest BCUT2D eigenvalue weighted by molar-refractivity contribution is 5.90. The summed E-state index contributed by atoms with van der Waals surface area (Å²) in [7, 11) is 1.56. The van der Waals surface area contributed by atoms with Crippen LogP contribution in [0.2, 0.25) is 0 Å². The molecule has 0 aliphatic heterocycles. The summed E-state index contributed by atoms with van der Waals surface area (Å²) in [5, 5.41) is 0. The van der Waals surface area contributed by atoms with Gasteiger partial charge in [0, 0.05) is 13.5 Å². The summed E-state index contributed by atoms with van der Waals surface area (Å²) in [6.07, 6.45) is 2.60. The van der Waals surface area contributed by atoms with Crippen LogP contribution in [0.15, 0.2) is 0 Å². The van der Waals surface area contributed by atoms with Gasteiger partial charge in [-0.05, 0) is 13.3 Å². The van der Waals surface area contributed by atoms with Crippen LogP contribution in [0.5, 0.6) is 0 Å². The molecule has 76 valence electrons. The lowest BCUT2D eigenvalue weighted by Gasteiger charge is -2.35. The quantitative estimate of drug-likeness (QED) is 0.653. The van der Waals surface area contributed by atoms with E-state index in [4.69, 9.17) is 9.47 Å². The van der Waals surface area contributed by atoms with Crippen LogP contribution in [-0.2, 0) is 14.3 Å². The van der Waals surface area contributed by atoms with E-state index in [-0.39, 0.29) is 24.1 Å². The molecule has 1 aliphatic rings. The average molecular weight is 186 g/mol. The summed E-state index contributed by atoms with van der Waals surface area (Å²) in [5.74, 6) is 0.163. The van der Waals surface area contributed by atoms with Crippen LogP contribution in [0.25, 0.3) is 0 Å². The van der Waals surface area contributed by atoms with Crippen LogP contribution in [-0.4, -0.2) is 31.2 Å². The van der Waals surface area contributed by atoms with Gasteiger partial charge in [-0.2, -0.15) is 0 Å². The number of carbonyl (C=O) groups excluding carboxylic acids is 1. The molecule has 0 bridgehead atoms. The fourth-order valence-corrected chi connectivity index (χ4v) is 1.64. The predicted octanol–water partition coefficient (Wildman–Crippen LogP) is 1.55. The summed E-state index contributed by atoms with van der Waals surface area (Å²) in [6.45, 7) is 4.17. The number of ketones is 1. The molecular weight excluding hydrogens is 168 g/mol. The molecule has 3 atom stereocenters. The van der Waals surface area contributed by atoms with Crippen molar-refractivity contribution in [1.82, 2.24) is 0 Å². The van der Waals surface area contributed by atoms with E-state index in [1.54, 1.807) is 7.11 Å². The number of hydrogen-bond acceptors (Lipinski definition) is 3. The molecule has 0 heterocycles. The number of methoxy groups -OCH3 is 1. The molecule has 0 radical (unpaired) electrons. The van der Waals surface area contributed by atoms with Crippen LogP contribution >= 0.6 is 0 Å². The topological polar surface area (TPSA) is 35.5 Å². The highest BCUT2D eigenvalue weighted by atomic mass is 16.5. The van der Waals surface area contributed by atoms with E-state index >= 15 is 0 Å². The number of rotatable bonds is 5. The first-order valence-corrected chi connectivity index (χ1v) is 4.90. The first-order chi connectivity index (χ1) is 6.19. The SMILES string of the molecule is CCCC(C)OC1CC(=O)C1OC. The van der Waals surface area contributed by atoms with Crippen LogP contribution in [0.3, 0.4) is 0 Å². The van der Waals surface area contributed by atoms with Crippen molar-refractivity contribution in [1.29, 1.82) is 0 Å². The summed E-state index contributed by atoms with van der Waals surface area (Å²) in [5.41, 5.74) is 0. The van der Waals surface area contributed by atoms with E-state index in [1.165, 1.54) is 0 Å². The zero-order valence-corrected chi connectivity index (χ0v) is 8.58. The first kappa shape index (κ1) is 10.7. The van der Waals surface area contributed by atoms with Crippen molar-refractivity contribution in [3.63, 3.8) is 0 Å². The van der Waals surface area contributed by atoms with E-state index in [1.807, 2.05) is 6.92 Å². The number of ether oxygens (including phenoxy) is 2. The Kier molecular flexibility index (Phi) is 3.88. The average Bonchev–Trinajstić information content (AvgIpc) is 2.04. The maximum atomic E-state index is 11.0. The van der Waals surface area contributed by atoms with Crippen LogP contribution in [0, 0.1) is 0 Å². The molecule has 13 heavy (non-hydrogen) atoms. The lowest BCUT2D eigenvalue weighted by molar-refractivity contribution is -0.168. The number of carbonyl (C=O) groups is 1. The van der Waals surface area contributed by atoms with Gasteiger partial charge in [0.1, 0.15) is 6.10 Å². The van der Waals surface area contributed by atoms with Crippen molar-refractivity contribution in [3.8, 4) is 0 Å². The van der Waals surface area contributed by atoms with Gasteiger partial charge >= 0.3 is 0 Å². The summed E-state index contributed by atoms with van der Waals surface area (Å²) in [6, 6.07) is 0. The normalized spacial score (nSPS) is 29.9. The van der Waals surface area contributed by atoms with E-state index in [9.17, 15) is 4.79 Å². The van der Waals surface area contributed by atoms with Gasteiger partial charge in [0.25, 0.3) is 0 Å². The van der Waals surface area contributed by atoms with Gasteiger partial charge in [0.15, 0.2) is 5.78 Å². The Hall–Kier alpha value is -0.410. The van der Waals surface area contributed by atoms with Crippen molar-refractivity contribution >= 4 is 5.78 Å². The molecule has 1 fully saturated rings. The third kappa shape index (κ3) is 2.51. The molecule has 1 rings (SSSR count). The lowest BCUT2D eigenvalue weighted by Crippen LogP contribution is -2.51. The molecular formula is C10H18O3. The molecule has 1 saturated carbocycles. The molecule has 0 saturated heterocycles. The smallest absolute Gasteiger partial charge is 0.166 e. The van der Waals surface area contributed by atoms with E-state index in [0.717, 1.165) is 12.8 Å². The predicted molar refractivity (Wildman–Crippen MR) is 49.7 cm³/mol. The summed E-state index contributed by atoms with van der Waals surface area (Å²) < 4.78 is 10.7. The largest absolute Gasteiger partial charge is 0.372 e. The van der Waals surface area contributed by atoms with Crippen molar-refractivity contribution < 1.29 is 14.3 Å². The van der Waals surface area contributed by atoms with Crippen LogP contribution < -0.4 is 0 Å². The lowest BCUT2D eigenvalue weighted by atomic mass is 9.90. The second kappa shape index (κ2) is 4.72. The second-order valence-corrected chi connectivity index (χ2v) is 3.60. The fraction of sp³-hybridized carbons (Fsp3) is 0.900. The number of hydrogen-bond donors (Lipinski definition) is 0. The minimum Gasteiger partial charge on any atom is -0.372 e. The Morgan fingerprint density at radius 1 is 1.62 bits per heavy atom. The monoisotopic (exact) mass is 186 g/mol. The molecule has 3 nitrogen and oxygen atoms in total. The Bertz CT molecular complexity index is 179. The number of Topliss-reactive ketones (excluding diaryl/α,β-unsaturated/α-hetero) is 1. The molecule has 3 heteroatoms. The maximum absolute atomic E-state index is 11.0. The molecule has 0 amide bonds. The fourth-order valence-electron chi connectivity index (χ4n) is 1.64. The molecule has 0 aromatic rings. The van der Waals surface area contributed by atoms with Crippen LogP contribution in [0.1, 0.15) is 33.1 Å². The Balaban J connectivity index is 2.26. The third-order valence-electron chi connectivity index (χ3n) is 2.41. The Labute approximate surface area is 79.4 Å². The van der Waals surface area contributed by atoms with E-state index in [0.29, 0.717) is 6.42 Å². The third-order valence-corrected chi connectivity index (χ3v) is 2.41. The Morgan fingerprint density at radius 2 is 2.31 bits per heavy atom. The standard InChI is InChI=1S/C10H18O3/c1-4-5-7(2)13-9-6-8(11)10(9)12-3/h7,9-10H,4-6H2,1-3H3. The summed E-state index contributed by atoms with van der Waals surface area (Å²) in [4.78, 5) is 11.0. The molecule has 1 aliphatic carbocycles. The highest BCUT2D eigenvalue weighted by Gasteiger charge is 2.41.